The predicted octanol–water partition coefficient (Wildman–Crippen LogP) is 1.63. The Balaban J connectivity index is 3.94. The van der Waals surface area contributed by atoms with Crippen molar-refractivity contribution in [1.29, 1.82) is 0 Å². The molecule has 1 unspecified atom stereocenters. The van der Waals surface area contributed by atoms with Crippen LogP contribution in [0.1, 0.15) is 19.8 Å². The smallest absolute Gasteiger partial charge is 0.332 e. The molecule has 0 aliphatic carbocycles. The highest BCUT2D eigenvalue weighted by Gasteiger charge is 2.24. The zero-order chi connectivity index (χ0) is 9.61. The van der Waals surface area contributed by atoms with Gasteiger partial charge in [0.2, 0.25) is 0 Å². The van der Waals surface area contributed by atoms with Crippen LogP contribution < -0.4 is 0 Å². The third kappa shape index (κ3) is 4.21. The zero-order valence-electron chi connectivity index (χ0n) is 7.82. The fraction of sp³-hybridized carbons (Fsp3) is 1.00. The van der Waals surface area contributed by atoms with Gasteiger partial charge in [-0.3, -0.25) is 4.57 Å². The molecule has 0 aromatic carbocycles. The Hall–Kier alpha value is 0.110. The standard InChI is InChI=1S/C7H17O4P/c1-4-5-7(8)6-12(9,10-2)11-3/h7-8H,4-6H2,1-3H3. The van der Waals surface area contributed by atoms with Gasteiger partial charge in [-0.05, 0) is 6.42 Å². The minimum absolute atomic E-state index is 0.0772. The van der Waals surface area contributed by atoms with E-state index >= 15 is 0 Å². The molecule has 74 valence electrons. The van der Waals surface area contributed by atoms with Crippen LogP contribution in [-0.4, -0.2) is 31.6 Å². The van der Waals surface area contributed by atoms with Gasteiger partial charge in [-0.2, -0.15) is 0 Å². The lowest BCUT2D eigenvalue weighted by molar-refractivity contribution is 0.171. The summed E-state index contributed by atoms with van der Waals surface area (Å²) in [6.07, 6.45) is 0.958. The highest BCUT2D eigenvalue weighted by molar-refractivity contribution is 7.53. The molecule has 1 N–H and O–H groups in total. The summed E-state index contributed by atoms with van der Waals surface area (Å²) in [4.78, 5) is 0. The first-order chi connectivity index (χ1) is 5.58. The van der Waals surface area contributed by atoms with Crippen molar-refractivity contribution in [3.63, 3.8) is 0 Å². The Morgan fingerprint density at radius 3 is 2.25 bits per heavy atom. The van der Waals surface area contributed by atoms with Gasteiger partial charge < -0.3 is 14.2 Å². The van der Waals surface area contributed by atoms with Crippen molar-refractivity contribution in [3.05, 3.63) is 0 Å². The summed E-state index contributed by atoms with van der Waals surface area (Å²) in [6, 6.07) is 0. The maximum absolute atomic E-state index is 11.4. The highest BCUT2D eigenvalue weighted by Crippen LogP contribution is 2.47. The highest BCUT2D eigenvalue weighted by atomic mass is 31.2. The van der Waals surface area contributed by atoms with Crippen LogP contribution in [0.25, 0.3) is 0 Å². The van der Waals surface area contributed by atoms with E-state index in [-0.39, 0.29) is 6.16 Å². The molecule has 5 heteroatoms. The van der Waals surface area contributed by atoms with E-state index in [1.165, 1.54) is 14.2 Å². The van der Waals surface area contributed by atoms with Crippen LogP contribution in [0.3, 0.4) is 0 Å². The molecule has 0 spiro atoms. The average Bonchev–Trinajstić information content (AvgIpc) is 2.05. The molecule has 0 heterocycles. The summed E-state index contributed by atoms with van der Waals surface area (Å²) in [6.45, 7) is 1.95. The van der Waals surface area contributed by atoms with Crippen molar-refractivity contribution < 1.29 is 18.7 Å². The molecule has 0 rings (SSSR count). The Morgan fingerprint density at radius 1 is 1.42 bits per heavy atom. The Morgan fingerprint density at radius 2 is 1.92 bits per heavy atom. The van der Waals surface area contributed by atoms with E-state index in [0.29, 0.717) is 6.42 Å². The summed E-state index contributed by atoms with van der Waals surface area (Å²) < 4.78 is 20.8. The SMILES string of the molecule is CCCC(O)CP(=O)(OC)OC. The van der Waals surface area contributed by atoms with Gasteiger partial charge >= 0.3 is 7.60 Å². The minimum atomic E-state index is -3.02. The second kappa shape index (κ2) is 5.70. The van der Waals surface area contributed by atoms with E-state index in [2.05, 4.69) is 9.05 Å². The molecule has 4 nitrogen and oxygen atoms in total. The number of rotatable bonds is 6. The van der Waals surface area contributed by atoms with Gasteiger partial charge in [-0.1, -0.05) is 13.3 Å². The predicted molar refractivity (Wildman–Crippen MR) is 47.4 cm³/mol. The molecule has 0 amide bonds. The quantitative estimate of drug-likeness (QED) is 0.656. The number of aliphatic hydroxyl groups is 1. The lowest BCUT2D eigenvalue weighted by atomic mass is 10.2. The Bertz CT molecular complexity index is 151. The molecule has 12 heavy (non-hydrogen) atoms. The van der Waals surface area contributed by atoms with Crippen LogP contribution in [0.5, 0.6) is 0 Å². The Labute approximate surface area is 73.4 Å². The van der Waals surface area contributed by atoms with Crippen molar-refractivity contribution in [2.75, 3.05) is 20.4 Å². The van der Waals surface area contributed by atoms with Crippen LogP contribution in [0.4, 0.5) is 0 Å². The van der Waals surface area contributed by atoms with E-state index in [9.17, 15) is 9.67 Å². The number of hydrogen-bond acceptors (Lipinski definition) is 4. The molecule has 0 saturated carbocycles. The van der Waals surface area contributed by atoms with Crippen molar-refractivity contribution in [3.8, 4) is 0 Å². The van der Waals surface area contributed by atoms with Crippen molar-refractivity contribution >= 4 is 7.60 Å². The van der Waals surface area contributed by atoms with Crippen LogP contribution in [0, 0.1) is 0 Å². The lowest BCUT2D eigenvalue weighted by Gasteiger charge is -2.16. The molecule has 0 aromatic rings. The second-order valence-corrected chi connectivity index (χ2v) is 4.92. The van der Waals surface area contributed by atoms with Crippen LogP contribution in [0.15, 0.2) is 0 Å². The molecular formula is C7H17O4P. The van der Waals surface area contributed by atoms with Crippen molar-refractivity contribution in [2.24, 2.45) is 0 Å². The average molecular weight is 196 g/mol. The first-order valence-corrected chi connectivity index (χ1v) is 5.69. The molecule has 0 radical (unpaired) electrons. The summed E-state index contributed by atoms with van der Waals surface area (Å²) in [7, 11) is -0.372. The zero-order valence-corrected chi connectivity index (χ0v) is 8.71. The van der Waals surface area contributed by atoms with E-state index in [1.54, 1.807) is 0 Å². The maximum atomic E-state index is 11.4. The minimum Gasteiger partial charge on any atom is -0.392 e. The molecule has 0 fully saturated rings. The lowest BCUT2D eigenvalue weighted by Crippen LogP contribution is -2.13. The third-order valence-corrected chi connectivity index (χ3v) is 3.59. The first-order valence-electron chi connectivity index (χ1n) is 3.96. The molecular weight excluding hydrogens is 179 g/mol. The van der Waals surface area contributed by atoms with E-state index in [1.807, 2.05) is 6.92 Å². The van der Waals surface area contributed by atoms with Gasteiger partial charge in [0.05, 0.1) is 12.3 Å². The molecule has 0 aliphatic rings. The van der Waals surface area contributed by atoms with Gasteiger partial charge in [0, 0.05) is 14.2 Å². The topological polar surface area (TPSA) is 55.8 Å². The molecule has 0 saturated heterocycles. The largest absolute Gasteiger partial charge is 0.392 e. The second-order valence-electron chi connectivity index (χ2n) is 2.60. The van der Waals surface area contributed by atoms with Gasteiger partial charge in [0.1, 0.15) is 0 Å². The first kappa shape index (κ1) is 12.1. The van der Waals surface area contributed by atoms with E-state index in [0.717, 1.165) is 6.42 Å². The molecule has 0 aliphatic heterocycles. The monoisotopic (exact) mass is 196 g/mol. The maximum Gasteiger partial charge on any atom is 0.332 e. The van der Waals surface area contributed by atoms with E-state index < -0.39 is 13.7 Å². The van der Waals surface area contributed by atoms with Crippen molar-refractivity contribution in [2.45, 2.75) is 25.9 Å². The summed E-state index contributed by atoms with van der Waals surface area (Å²) in [5, 5.41) is 9.31. The van der Waals surface area contributed by atoms with Gasteiger partial charge in [0.15, 0.2) is 0 Å². The van der Waals surface area contributed by atoms with Crippen molar-refractivity contribution in [1.82, 2.24) is 0 Å². The van der Waals surface area contributed by atoms with Gasteiger partial charge in [-0.25, -0.2) is 0 Å². The molecule has 0 bridgehead atoms. The number of aliphatic hydroxyl groups excluding tert-OH is 1. The summed E-state index contributed by atoms with van der Waals surface area (Å²) in [5.41, 5.74) is 0. The fourth-order valence-electron chi connectivity index (χ4n) is 0.906. The molecule has 1 atom stereocenters. The Kier molecular flexibility index (Phi) is 5.76. The fourth-order valence-corrected chi connectivity index (χ4v) is 2.05. The van der Waals surface area contributed by atoms with Crippen LogP contribution >= 0.6 is 7.60 Å². The van der Waals surface area contributed by atoms with Gasteiger partial charge in [0.25, 0.3) is 0 Å². The van der Waals surface area contributed by atoms with E-state index in [4.69, 9.17) is 0 Å². The van der Waals surface area contributed by atoms with Crippen LogP contribution in [0.2, 0.25) is 0 Å². The normalized spacial score (nSPS) is 14.7. The molecule has 0 aromatic heterocycles. The summed E-state index contributed by atoms with van der Waals surface area (Å²) in [5.74, 6) is 0. The third-order valence-electron chi connectivity index (χ3n) is 1.61. The van der Waals surface area contributed by atoms with Gasteiger partial charge in [-0.15, -0.1) is 0 Å². The van der Waals surface area contributed by atoms with Crippen LogP contribution in [-0.2, 0) is 13.6 Å². The number of hydrogen-bond donors (Lipinski definition) is 1. The summed E-state index contributed by atoms with van der Waals surface area (Å²) >= 11 is 0.